The molecule has 1 aromatic heterocycles. The second-order valence-electron chi connectivity index (χ2n) is 6.25. The third-order valence-electron chi connectivity index (χ3n) is 4.05. The summed E-state index contributed by atoms with van der Waals surface area (Å²) in [4.78, 5) is 26.2. The molecule has 0 saturated heterocycles. The molecular weight excluding hydrogens is 372 g/mol. The minimum absolute atomic E-state index is 0.0644. The van der Waals surface area contributed by atoms with Gasteiger partial charge in [-0.1, -0.05) is 18.2 Å². The van der Waals surface area contributed by atoms with E-state index in [-0.39, 0.29) is 5.69 Å². The number of para-hydroxylation sites is 1. The fourth-order valence-electron chi connectivity index (χ4n) is 2.56. The van der Waals surface area contributed by atoms with Crippen molar-refractivity contribution in [2.75, 3.05) is 11.9 Å². The Bertz CT molecular complexity index is 984. The smallest absolute Gasteiger partial charge is 0.361 e. The molecule has 8 heteroatoms. The van der Waals surface area contributed by atoms with Crippen molar-refractivity contribution >= 4 is 17.6 Å². The highest BCUT2D eigenvalue weighted by Gasteiger charge is 2.23. The fourth-order valence-corrected chi connectivity index (χ4v) is 2.56. The summed E-state index contributed by atoms with van der Waals surface area (Å²) in [6, 6.07) is 16.1. The molecule has 2 aromatic carbocycles. The predicted molar refractivity (Wildman–Crippen MR) is 107 cm³/mol. The normalized spacial score (nSPS) is 11.6. The number of rotatable bonds is 7. The van der Waals surface area contributed by atoms with E-state index in [4.69, 9.17) is 9.47 Å². The molecule has 0 spiro atoms. The lowest BCUT2D eigenvalue weighted by Gasteiger charge is -2.13. The molecule has 150 valence electrons. The Hall–Kier alpha value is -3.68. The van der Waals surface area contributed by atoms with E-state index in [2.05, 4.69) is 15.5 Å². The number of aryl methyl sites for hydroxylation is 1. The summed E-state index contributed by atoms with van der Waals surface area (Å²) >= 11 is 0. The quantitative estimate of drug-likeness (QED) is 0.619. The standard InChI is InChI=1S/C21H22N4O4/c1-4-28-18-12-10-16(11-13-18)22-20(26)15(3)29-21(27)19-14(2)23-25(24-19)17-8-6-5-7-9-17/h5-13,15H,4H2,1-3H3,(H,22,26)/t15-/m1/s1. The van der Waals surface area contributed by atoms with Crippen LogP contribution in [0.25, 0.3) is 5.69 Å². The Morgan fingerprint density at radius 1 is 1.07 bits per heavy atom. The third kappa shape index (κ3) is 4.98. The molecule has 0 aliphatic rings. The van der Waals surface area contributed by atoms with Crippen molar-refractivity contribution in [2.45, 2.75) is 26.9 Å². The molecule has 3 rings (SSSR count). The van der Waals surface area contributed by atoms with Crippen LogP contribution in [0.5, 0.6) is 5.75 Å². The summed E-state index contributed by atoms with van der Waals surface area (Å²) in [6.45, 7) is 5.62. The van der Waals surface area contributed by atoms with Crippen molar-refractivity contribution < 1.29 is 19.1 Å². The zero-order valence-electron chi connectivity index (χ0n) is 16.5. The highest BCUT2D eigenvalue weighted by Crippen LogP contribution is 2.16. The van der Waals surface area contributed by atoms with Gasteiger partial charge in [0.05, 0.1) is 18.0 Å². The van der Waals surface area contributed by atoms with Crippen LogP contribution in [-0.4, -0.2) is 39.6 Å². The lowest BCUT2D eigenvalue weighted by molar-refractivity contribution is -0.123. The second kappa shape index (κ2) is 9.01. The number of esters is 1. The molecule has 1 amide bonds. The second-order valence-corrected chi connectivity index (χ2v) is 6.25. The molecule has 0 unspecified atom stereocenters. The van der Waals surface area contributed by atoms with Crippen LogP contribution in [0.3, 0.4) is 0 Å². The molecule has 1 heterocycles. The number of carbonyl (C=O) groups is 2. The minimum Gasteiger partial charge on any atom is -0.494 e. The van der Waals surface area contributed by atoms with E-state index in [1.54, 1.807) is 31.2 Å². The molecule has 0 radical (unpaired) electrons. The number of ether oxygens (including phenoxy) is 2. The third-order valence-corrected chi connectivity index (χ3v) is 4.05. The molecule has 0 bridgehead atoms. The lowest BCUT2D eigenvalue weighted by Crippen LogP contribution is -2.30. The zero-order chi connectivity index (χ0) is 20.8. The Morgan fingerprint density at radius 3 is 2.41 bits per heavy atom. The number of nitrogens with one attached hydrogen (secondary N) is 1. The molecule has 1 atom stereocenters. The van der Waals surface area contributed by atoms with E-state index in [9.17, 15) is 9.59 Å². The molecule has 0 aliphatic carbocycles. The average molecular weight is 394 g/mol. The maximum absolute atomic E-state index is 12.5. The van der Waals surface area contributed by atoms with E-state index in [0.29, 0.717) is 23.7 Å². The van der Waals surface area contributed by atoms with Gasteiger partial charge in [-0.3, -0.25) is 4.79 Å². The van der Waals surface area contributed by atoms with Gasteiger partial charge in [-0.2, -0.15) is 9.90 Å². The van der Waals surface area contributed by atoms with Crippen LogP contribution in [0.1, 0.15) is 30.0 Å². The first-order chi connectivity index (χ1) is 14.0. The molecule has 29 heavy (non-hydrogen) atoms. The summed E-state index contributed by atoms with van der Waals surface area (Å²) in [5.41, 5.74) is 1.77. The van der Waals surface area contributed by atoms with Crippen LogP contribution in [0.4, 0.5) is 5.69 Å². The Balaban J connectivity index is 1.62. The summed E-state index contributed by atoms with van der Waals surface area (Å²) < 4.78 is 10.6. The minimum atomic E-state index is -1.00. The largest absolute Gasteiger partial charge is 0.494 e. The van der Waals surface area contributed by atoms with E-state index >= 15 is 0 Å². The maximum atomic E-state index is 12.5. The first kappa shape index (κ1) is 20.1. The Kier molecular flexibility index (Phi) is 6.23. The van der Waals surface area contributed by atoms with Crippen molar-refractivity contribution in [1.82, 2.24) is 15.0 Å². The number of hydrogen-bond donors (Lipinski definition) is 1. The fraction of sp³-hybridized carbons (Fsp3) is 0.238. The predicted octanol–water partition coefficient (Wildman–Crippen LogP) is 3.16. The van der Waals surface area contributed by atoms with Crippen molar-refractivity contribution in [3.8, 4) is 11.4 Å². The van der Waals surface area contributed by atoms with Crippen LogP contribution in [0, 0.1) is 6.92 Å². The molecule has 1 N–H and O–H groups in total. The topological polar surface area (TPSA) is 95.3 Å². The first-order valence-corrected chi connectivity index (χ1v) is 9.22. The van der Waals surface area contributed by atoms with Gasteiger partial charge in [-0.25, -0.2) is 4.79 Å². The number of hydrogen-bond acceptors (Lipinski definition) is 6. The number of carbonyl (C=O) groups excluding carboxylic acids is 2. The highest BCUT2D eigenvalue weighted by molar-refractivity contribution is 5.97. The molecule has 8 nitrogen and oxygen atoms in total. The van der Waals surface area contributed by atoms with Crippen LogP contribution in [0.2, 0.25) is 0 Å². The number of aromatic nitrogens is 3. The summed E-state index contributed by atoms with van der Waals surface area (Å²) in [6.07, 6.45) is -1.00. The summed E-state index contributed by atoms with van der Waals surface area (Å²) in [5.74, 6) is -0.448. The van der Waals surface area contributed by atoms with E-state index < -0.39 is 18.0 Å². The molecule has 0 aliphatic heterocycles. The van der Waals surface area contributed by atoms with Gasteiger partial charge >= 0.3 is 5.97 Å². The van der Waals surface area contributed by atoms with Crippen molar-refractivity contribution in [3.05, 3.63) is 66.0 Å². The van der Waals surface area contributed by atoms with Gasteiger partial charge < -0.3 is 14.8 Å². The Labute approximate surface area is 168 Å². The number of nitrogens with zero attached hydrogens (tertiary/aromatic N) is 3. The lowest BCUT2D eigenvalue weighted by atomic mass is 10.2. The number of benzene rings is 2. The van der Waals surface area contributed by atoms with Gasteiger partial charge in [0.2, 0.25) is 0 Å². The SMILES string of the molecule is CCOc1ccc(NC(=O)[C@@H](C)OC(=O)c2nn(-c3ccccc3)nc2C)cc1. The van der Waals surface area contributed by atoms with Crippen LogP contribution in [-0.2, 0) is 9.53 Å². The molecular formula is C21H22N4O4. The van der Waals surface area contributed by atoms with Crippen LogP contribution in [0.15, 0.2) is 54.6 Å². The monoisotopic (exact) mass is 394 g/mol. The number of anilines is 1. The van der Waals surface area contributed by atoms with Gasteiger partial charge in [-0.15, -0.1) is 5.10 Å². The summed E-state index contributed by atoms with van der Waals surface area (Å²) in [5, 5.41) is 11.1. The van der Waals surface area contributed by atoms with Gasteiger partial charge in [0, 0.05) is 5.69 Å². The van der Waals surface area contributed by atoms with Gasteiger partial charge in [0.25, 0.3) is 5.91 Å². The van der Waals surface area contributed by atoms with Crippen LogP contribution < -0.4 is 10.1 Å². The van der Waals surface area contributed by atoms with Crippen molar-refractivity contribution in [1.29, 1.82) is 0 Å². The van der Waals surface area contributed by atoms with Crippen molar-refractivity contribution in [2.24, 2.45) is 0 Å². The maximum Gasteiger partial charge on any atom is 0.361 e. The zero-order valence-corrected chi connectivity index (χ0v) is 16.5. The highest BCUT2D eigenvalue weighted by atomic mass is 16.5. The summed E-state index contributed by atoms with van der Waals surface area (Å²) in [7, 11) is 0. The van der Waals surface area contributed by atoms with Crippen LogP contribution >= 0.6 is 0 Å². The first-order valence-electron chi connectivity index (χ1n) is 9.22. The van der Waals surface area contributed by atoms with E-state index in [1.165, 1.54) is 11.7 Å². The molecule has 0 fully saturated rings. The number of amides is 1. The molecule has 3 aromatic rings. The molecule has 0 saturated carbocycles. The van der Waals surface area contributed by atoms with E-state index in [0.717, 1.165) is 5.69 Å². The van der Waals surface area contributed by atoms with Gasteiger partial charge in [0.15, 0.2) is 11.8 Å². The average Bonchev–Trinajstić information content (AvgIpc) is 3.12. The van der Waals surface area contributed by atoms with E-state index in [1.807, 2.05) is 37.3 Å². The Morgan fingerprint density at radius 2 is 1.76 bits per heavy atom. The van der Waals surface area contributed by atoms with Crippen molar-refractivity contribution in [3.63, 3.8) is 0 Å². The van der Waals surface area contributed by atoms with Gasteiger partial charge in [-0.05, 0) is 57.2 Å². The van der Waals surface area contributed by atoms with Gasteiger partial charge in [0.1, 0.15) is 5.75 Å².